The van der Waals surface area contributed by atoms with E-state index in [4.69, 9.17) is 15.5 Å². The van der Waals surface area contributed by atoms with Crippen molar-refractivity contribution >= 4 is 16.6 Å². The van der Waals surface area contributed by atoms with Gasteiger partial charge in [0.25, 0.3) is 0 Å². The van der Waals surface area contributed by atoms with Crippen molar-refractivity contribution in [3.63, 3.8) is 0 Å². The molecule has 4 aliphatic heterocycles. The van der Waals surface area contributed by atoms with Gasteiger partial charge in [0.1, 0.15) is 17.2 Å². The van der Waals surface area contributed by atoms with E-state index in [1.807, 2.05) is 13.0 Å². The molecule has 4 saturated heterocycles. The van der Waals surface area contributed by atoms with Crippen LogP contribution in [0.3, 0.4) is 0 Å². The number of piperidine rings is 3. The molecule has 1 aromatic carbocycles. The van der Waals surface area contributed by atoms with Gasteiger partial charge in [-0.05, 0) is 62.4 Å². The zero-order valence-corrected chi connectivity index (χ0v) is 14.4. The third-order valence-corrected chi connectivity index (χ3v) is 6.19. The van der Waals surface area contributed by atoms with Crippen LogP contribution in [0.15, 0.2) is 24.3 Å². The lowest BCUT2D eigenvalue weighted by molar-refractivity contribution is -0.137. The van der Waals surface area contributed by atoms with Gasteiger partial charge in [-0.1, -0.05) is 6.07 Å². The summed E-state index contributed by atoms with van der Waals surface area (Å²) in [6.07, 6.45) is 1.89. The molecule has 6 heteroatoms. The smallest absolute Gasteiger partial charge is 0.186 e. The number of rotatable bonds is 1. The Kier molecular flexibility index (Phi) is 3.33. The van der Waals surface area contributed by atoms with Gasteiger partial charge in [0.2, 0.25) is 0 Å². The fraction of sp³-hybridized carbons (Fsp3) is 0.526. The van der Waals surface area contributed by atoms with Crippen molar-refractivity contribution < 1.29 is 9.13 Å². The number of benzene rings is 1. The zero-order chi connectivity index (χ0) is 17.2. The highest BCUT2D eigenvalue weighted by molar-refractivity contribution is 5.86. The van der Waals surface area contributed by atoms with Gasteiger partial charge in [-0.3, -0.25) is 5.73 Å². The molecule has 0 amide bonds. The Balaban J connectivity index is 1.51. The van der Waals surface area contributed by atoms with E-state index in [0.717, 1.165) is 35.4 Å². The molecule has 4 fully saturated rings. The summed E-state index contributed by atoms with van der Waals surface area (Å²) in [4.78, 5) is 9.25. The summed E-state index contributed by atoms with van der Waals surface area (Å²) < 4.78 is 19.8. The maximum Gasteiger partial charge on any atom is 0.186 e. The van der Waals surface area contributed by atoms with E-state index in [2.05, 4.69) is 9.80 Å². The van der Waals surface area contributed by atoms with Gasteiger partial charge in [0, 0.05) is 17.6 Å². The number of nitrogens with zero attached hydrogens (tertiary/aromatic N) is 3. The molecule has 5 nitrogen and oxygen atoms in total. The van der Waals surface area contributed by atoms with Crippen molar-refractivity contribution in [2.75, 3.05) is 31.1 Å². The first-order valence-electron chi connectivity index (χ1n) is 9.03. The van der Waals surface area contributed by atoms with Crippen LogP contribution in [-0.4, -0.2) is 48.0 Å². The molecule has 132 valence electrons. The van der Waals surface area contributed by atoms with E-state index < -0.39 is 6.35 Å². The minimum Gasteiger partial charge on any atom is -0.335 e. The Morgan fingerprint density at radius 3 is 2.76 bits per heavy atom. The largest absolute Gasteiger partial charge is 0.335 e. The number of pyridine rings is 1. The number of aryl methyl sites for hydroxylation is 1. The van der Waals surface area contributed by atoms with Crippen LogP contribution in [0.1, 0.15) is 18.5 Å². The monoisotopic (exact) mass is 342 g/mol. The van der Waals surface area contributed by atoms with Gasteiger partial charge >= 0.3 is 0 Å². The maximum absolute atomic E-state index is 13.5. The van der Waals surface area contributed by atoms with Crippen molar-refractivity contribution in [2.45, 2.75) is 31.7 Å². The minimum absolute atomic E-state index is 0.177. The molecule has 2 atom stereocenters. The highest BCUT2D eigenvalue weighted by Gasteiger charge is 2.54. The second kappa shape index (κ2) is 5.37. The molecule has 4 aliphatic rings. The summed E-state index contributed by atoms with van der Waals surface area (Å²) in [5, 5.41) is 1.82. The molecule has 25 heavy (non-hydrogen) atoms. The van der Waals surface area contributed by atoms with Crippen molar-refractivity contribution in [3.05, 3.63) is 35.8 Å². The van der Waals surface area contributed by atoms with Gasteiger partial charge in [-0.25, -0.2) is 9.37 Å². The molecule has 2 bridgehead atoms. The predicted octanol–water partition coefficient (Wildman–Crippen LogP) is 2.23. The SMILES string of the molecule is Cc1nc(N2CC3(CN4CCC3CC4)OC2N)cc2ccc(F)cc12. The zero-order valence-electron chi connectivity index (χ0n) is 14.4. The molecule has 2 unspecified atom stereocenters. The molecule has 1 aromatic heterocycles. The fourth-order valence-corrected chi connectivity index (χ4v) is 4.89. The standard InChI is InChI=1S/C19H23FN4O/c1-12-16-9-15(20)3-2-13(16)8-17(22-12)24-11-19(25-18(24)21)10-23-6-4-14(19)5-7-23/h2-3,8-9,14,18H,4-7,10-11,21H2,1H3. The van der Waals surface area contributed by atoms with E-state index >= 15 is 0 Å². The number of fused-ring (bicyclic) bond motifs is 3. The number of halogens is 1. The summed E-state index contributed by atoms with van der Waals surface area (Å²) in [5.74, 6) is 1.15. The molecular weight excluding hydrogens is 319 g/mol. The lowest BCUT2D eigenvalue weighted by Gasteiger charge is -2.50. The number of hydrogen-bond acceptors (Lipinski definition) is 5. The summed E-state index contributed by atoms with van der Waals surface area (Å²) >= 11 is 0. The molecule has 1 spiro atoms. The second-order valence-corrected chi connectivity index (χ2v) is 7.68. The summed E-state index contributed by atoms with van der Waals surface area (Å²) in [7, 11) is 0. The average molecular weight is 342 g/mol. The van der Waals surface area contributed by atoms with Crippen LogP contribution in [0.25, 0.3) is 10.8 Å². The minimum atomic E-state index is -0.481. The van der Waals surface area contributed by atoms with Crippen LogP contribution >= 0.6 is 0 Å². The Morgan fingerprint density at radius 1 is 1.24 bits per heavy atom. The van der Waals surface area contributed by atoms with Crippen LogP contribution in [0.4, 0.5) is 10.2 Å². The summed E-state index contributed by atoms with van der Waals surface area (Å²) in [6, 6.07) is 6.82. The first-order chi connectivity index (χ1) is 12.0. The summed E-state index contributed by atoms with van der Waals surface area (Å²) in [5.41, 5.74) is 6.99. The second-order valence-electron chi connectivity index (χ2n) is 7.68. The lowest BCUT2D eigenvalue weighted by Crippen LogP contribution is -2.61. The van der Waals surface area contributed by atoms with Gasteiger partial charge in [-0.2, -0.15) is 0 Å². The van der Waals surface area contributed by atoms with E-state index in [1.54, 1.807) is 6.07 Å². The van der Waals surface area contributed by atoms with Crippen molar-refractivity contribution in [3.8, 4) is 0 Å². The quantitative estimate of drug-likeness (QED) is 0.861. The van der Waals surface area contributed by atoms with Crippen LogP contribution in [0.2, 0.25) is 0 Å². The molecule has 6 rings (SSSR count). The molecule has 0 saturated carbocycles. The van der Waals surface area contributed by atoms with Crippen molar-refractivity contribution in [1.82, 2.24) is 9.88 Å². The van der Waals surface area contributed by atoms with Gasteiger partial charge in [0.15, 0.2) is 6.35 Å². The number of nitrogens with two attached hydrogens (primary N) is 1. The Morgan fingerprint density at radius 2 is 2.04 bits per heavy atom. The van der Waals surface area contributed by atoms with E-state index in [-0.39, 0.29) is 11.4 Å². The van der Waals surface area contributed by atoms with Crippen LogP contribution < -0.4 is 10.6 Å². The van der Waals surface area contributed by atoms with E-state index in [0.29, 0.717) is 5.92 Å². The Labute approximate surface area is 146 Å². The topological polar surface area (TPSA) is 54.6 Å². The molecule has 0 radical (unpaired) electrons. The maximum atomic E-state index is 13.5. The number of hydrogen-bond donors (Lipinski definition) is 1. The number of anilines is 1. The van der Waals surface area contributed by atoms with Gasteiger partial charge in [0.05, 0.1) is 6.54 Å². The first-order valence-corrected chi connectivity index (χ1v) is 9.03. The molecule has 2 aromatic rings. The van der Waals surface area contributed by atoms with E-state index in [9.17, 15) is 4.39 Å². The average Bonchev–Trinajstić information content (AvgIpc) is 2.92. The summed E-state index contributed by atoms with van der Waals surface area (Å²) in [6.45, 7) is 5.99. The number of ether oxygens (including phenoxy) is 1. The molecule has 0 aliphatic carbocycles. The molecular formula is C19H23FN4O. The van der Waals surface area contributed by atoms with Crippen LogP contribution in [-0.2, 0) is 4.74 Å². The van der Waals surface area contributed by atoms with E-state index in [1.165, 1.54) is 38.1 Å². The first kappa shape index (κ1) is 15.5. The Bertz CT molecular complexity index is 836. The predicted molar refractivity (Wildman–Crippen MR) is 94.7 cm³/mol. The van der Waals surface area contributed by atoms with Gasteiger partial charge < -0.3 is 14.5 Å². The Hall–Kier alpha value is -1.76. The fourth-order valence-electron chi connectivity index (χ4n) is 4.89. The third kappa shape index (κ3) is 2.35. The molecule has 5 heterocycles. The van der Waals surface area contributed by atoms with Crippen molar-refractivity contribution in [2.24, 2.45) is 11.7 Å². The molecule has 2 N–H and O–H groups in total. The normalized spacial score (nSPS) is 34.4. The van der Waals surface area contributed by atoms with Crippen LogP contribution in [0, 0.1) is 18.7 Å². The highest BCUT2D eigenvalue weighted by Crippen LogP contribution is 2.43. The highest BCUT2D eigenvalue weighted by atomic mass is 19.1. The lowest BCUT2D eigenvalue weighted by atomic mass is 9.75. The van der Waals surface area contributed by atoms with Crippen molar-refractivity contribution in [1.29, 1.82) is 0 Å². The van der Waals surface area contributed by atoms with Crippen LogP contribution in [0.5, 0.6) is 0 Å². The number of aromatic nitrogens is 1. The van der Waals surface area contributed by atoms with Gasteiger partial charge in [-0.15, -0.1) is 0 Å². The third-order valence-electron chi connectivity index (χ3n) is 6.19.